The molecule has 1 aromatic heterocycles. The zero-order chi connectivity index (χ0) is 34.0. The van der Waals surface area contributed by atoms with Crippen molar-refractivity contribution in [2.45, 2.75) is 69.1 Å². The number of anilines is 1. The highest BCUT2D eigenvalue weighted by Gasteiger charge is 2.66. The first-order chi connectivity index (χ1) is 23.0. The summed E-state index contributed by atoms with van der Waals surface area (Å²) in [6, 6.07) is 20.1. The number of rotatable bonds is 8. The Morgan fingerprint density at radius 2 is 1.90 bits per heavy atom. The smallest absolute Gasteiger partial charge is 0.279 e. The van der Waals surface area contributed by atoms with Gasteiger partial charge in [0.05, 0.1) is 61.1 Å². The summed E-state index contributed by atoms with van der Waals surface area (Å²) in [5.74, 6) is -0.285. The third-order valence-electron chi connectivity index (χ3n) is 10.6. The van der Waals surface area contributed by atoms with Crippen LogP contribution in [-0.4, -0.2) is 77.1 Å². The van der Waals surface area contributed by atoms with Crippen molar-refractivity contribution < 1.29 is 29.0 Å². The van der Waals surface area contributed by atoms with Gasteiger partial charge in [-0.05, 0) is 74.0 Å². The molecule has 2 fully saturated rings. The number of hydrogen-bond acceptors (Lipinski definition) is 7. The van der Waals surface area contributed by atoms with Gasteiger partial charge in [-0.25, -0.2) is 4.68 Å². The average Bonchev–Trinajstić information content (AvgIpc) is 3.81. The van der Waals surface area contributed by atoms with Crippen LogP contribution in [0.4, 0.5) is 5.69 Å². The Hall–Kier alpha value is -4.23. The molecule has 3 aromatic carbocycles. The third-order valence-corrected chi connectivity index (χ3v) is 13.1. The number of benzene rings is 3. The minimum Gasteiger partial charge on any atom is -0.497 e. The van der Waals surface area contributed by atoms with Crippen LogP contribution in [0.15, 0.2) is 71.5 Å². The maximum absolute atomic E-state index is 14.9. The van der Waals surface area contributed by atoms with E-state index in [4.69, 9.17) is 9.47 Å². The van der Waals surface area contributed by atoms with Crippen LogP contribution in [0.25, 0.3) is 16.6 Å². The molecular weight excluding hydrogens is 629 g/mol. The Labute approximate surface area is 279 Å². The Morgan fingerprint density at radius 1 is 1.10 bits per heavy atom. The van der Waals surface area contributed by atoms with E-state index in [0.29, 0.717) is 34.6 Å². The van der Waals surface area contributed by atoms with Crippen LogP contribution in [0.2, 0.25) is 18.6 Å². The molecule has 0 radical (unpaired) electrons. The number of nitrogens with zero attached hydrogens (tertiary/aromatic N) is 3. The molecule has 0 bridgehead atoms. The zero-order valence-electron chi connectivity index (χ0n) is 27.7. The van der Waals surface area contributed by atoms with E-state index in [-0.39, 0.29) is 43.0 Å². The fourth-order valence-corrected chi connectivity index (χ4v) is 11.0. The molecule has 3 N–H and O–H groups in total. The van der Waals surface area contributed by atoms with Crippen molar-refractivity contribution in [3.05, 3.63) is 88.2 Å². The van der Waals surface area contributed by atoms with E-state index in [9.17, 15) is 24.3 Å². The lowest BCUT2D eigenvalue weighted by Crippen LogP contribution is -2.46. The Kier molecular flexibility index (Phi) is 8.10. The molecule has 0 unspecified atom stereocenters. The number of amides is 2. The summed E-state index contributed by atoms with van der Waals surface area (Å²) < 4.78 is 14.0. The number of ether oxygens (including phenoxy) is 2. The van der Waals surface area contributed by atoms with Gasteiger partial charge in [-0.15, -0.1) is 0 Å². The van der Waals surface area contributed by atoms with E-state index < -0.39 is 31.5 Å². The van der Waals surface area contributed by atoms with Crippen LogP contribution in [0, 0.1) is 5.92 Å². The molecule has 252 valence electrons. The number of methoxy groups -OCH3 is 1. The van der Waals surface area contributed by atoms with Crippen molar-refractivity contribution in [3.63, 3.8) is 0 Å². The maximum atomic E-state index is 14.9. The molecule has 3 aliphatic rings. The van der Waals surface area contributed by atoms with E-state index in [0.717, 1.165) is 23.9 Å². The molecule has 48 heavy (non-hydrogen) atoms. The molecule has 5 atom stereocenters. The fourth-order valence-electron chi connectivity index (χ4n) is 8.40. The predicted octanol–water partition coefficient (Wildman–Crippen LogP) is 4.05. The lowest BCUT2D eigenvalue weighted by atomic mass is 9.82. The lowest BCUT2D eigenvalue weighted by molar-refractivity contribution is -0.150. The normalized spacial score (nSPS) is 25.4. The molecule has 4 aromatic rings. The van der Waals surface area contributed by atoms with Gasteiger partial charge in [-0.3, -0.25) is 19.5 Å². The highest BCUT2D eigenvalue weighted by molar-refractivity contribution is 6.71. The number of aliphatic hydroxyl groups excluding tert-OH is 1. The molecule has 11 nitrogen and oxygen atoms in total. The standard InChI is InChI=1S/C36H42N4O7Si/c1-22-33(48(3,4)45)31(19-32(42)38-16-8-11-25(38)21-41)47-36(22)28-18-26(46-2)14-15-30(28)39(35(36)44)20-23-9-7-10-24(17-23)40-34(43)27-12-5-6-13-29(27)37-40/h5-7,9-10,12-15,17-18,22,25,31,33,37,41,45H,8,11,16,19-21H2,1-4H3/t22-,25-,31+,33-,36+/m0/s1. The van der Waals surface area contributed by atoms with Gasteiger partial charge < -0.3 is 29.2 Å². The van der Waals surface area contributed by atoms with Crippen LogP contribution in [0.3, 0.4) is 0 Å². The summed E-state index contributed by atoms with van der Waals surface area (Å²) >= 11 is 0. The second-order valence-corrected chi connectivity index (χ2v) is 17.8. The molecular formula is C36H42N4O7Si. The highest BCUT2D eigenvalue weighted by atomic mass is 28.4. The molecule has 7 rings (SSSR count). The Morgan fingerprint density at radius 3 is 2.62 bits per heavy atom. The van der Waals surface area contributed by atoms with Crippen molar-refractivity contribution in [1.29, 1.82) is 0 Å². The van der Waals surface area contributed by atoms with E-state index in [2.05, 4.69) is 5.10 Å². The number of hydrogen-bond donors (Lipinski definition) is 3. The molecule has 1 spiro atoms. The number of likely N-dealkylation sites (tertiary alicyclic amines) is 1. The first-order valence-electron chi connectivity index (χ1n) is 16.6. The Balaban J connectivity index is 1.26. The van der Waals surface area contributed by atoms with Gasteiger partial charge in [0, 0.05) is 23.6 Å². The quantitative estimate of drug-likeness (QED) is 0.241. The number of aliphatic hydroxyl groups is 1. The Bertz CT molecular complexity index is 1950. The molecule has 4 heterocycles. The number of carbonyl (C=O) groups excluding carboxylic acids is 2. The summed E-state index contributed by atoms with van der Waals surface area (Å²) in [5, 5.41) is 13.6. The number of nitrogens with one attached hydrogen (secondary N) is 1. The van der Waals surface area contributed by atoms with Gasteiger partial charge in [0.15, 0.2) is 13.9 Å². The number of H-pyrrole nitrogens is 1. The second-order valence-electron chi connectivity index (χ2n) is 13.9. The number of para-hydroxylation sites is 1. The predicted molar refractivity (Wildman–Crippen MR) is 184 cm³/mol. The van der Waals surface area contributed by atoms with Gasteiger partial charge in [0.25, 0.3) is 11.5 Å². The van der Waals surface area contributed by atoms with Gasteiger partial charge in [-0.1, -0.05) is 31.2 Å². The van der Waals surface area contributed by atoms with E-state index >= 15 is 0 Å². The van der Waals surface area contributed by atoms with Gasteiger partial charge >= 0.3 is 0 Å². The van der Waals surface area contributed by atoms with Gasteiger partial charge in [0.1, 0.15) is 5.75 Å². The van der Waals surface area contributed by atoms with Crippen molar-refractivity contribution >= 4 is 36.7 Å². The van der Waals surface area contributed by atoms with Crippen molar-refractivity contribution in [2.75, 3.05) is 25.2 Å². The van der Waals surface area contributed by atoms with Gasteiger partial charge in [-0.2, -0.15) is 0 Å². The number of aromatic nitrogens is 2. The van der Waals surface area contributed by atoms with Gasteiger partial charge in [0.2, 0.25) is 5.91 Å². The zero-order valence-corrected chi connectivity index (χ0v) is 28.7. The topological polar surface area (TPSA) is 137 Å². The summed E-state index contributed by atoms with van der Waals surface area (Å²) in [6.07, 6.45) is 0.884. The minimum absolute atomic E-state index is 0.0120. The van der Waals surface area contributed by atoms with Crippen LogP contribution in [0.1, 0.15) is 37.3 Å². The van der Waals surface area contributed by atoms with Crippen LogP contribution in [-0.2, 0) is 26.5 Å². The summed E-state index contributed by atoms with van der Waals surface area (Å²) in [6.45, 7) is 6.29. The monoisotopic (exact) mass is 670 g/mol. The number of carbonyl (C=O) groups is 2. The first-order valence-corrected chi connectivity index (χ1v) is 19.6. The minimum atomic E-state index is -2.99. The summed E-state index contributed by atoms with van der Waals surface area (Å²) in [5.41, 5.74) is 1.47. The maximum Gasteiger partial charge on any atom is 0.279 e. The molecule has 3 aliphatic heterocycles. The van der Waals surface area contributed by atoms with Crippen molar-refractivity contribution in [2.24, 2.45) is 5.92 Å². The molecule has 2 amide bonds. The van der Waals surface area contributed by atoms with Crippen molar-refractivity contribution in [3.8, 4) is 11.4 Å². The van der Waals surface area contributed by atoms with E-state index in [1.807, 2.05) is 80.7 Å². The molecule has 0 saturated carbocycles. The summed E-state index contributed by atoms with van der Waals surface area (Å²) in [7, 11) is -1.42. The van der Waals surface area contributed by atoms with E-state index in [1.165, 1.54) is 4.68 Å². The fraction of sp³-hybridized carbons (Fsp3) is 0.417. The number of aromatic amines is 1. The SMILES string of the molecule is COc1ccc2c(c1)[C@@]1(O[C@H](CC(=O)N3CCC[C@H]3CO)[C@@H]([Si](C)(C)O)[C@@H]1C)C(=O)N2Cc1cccc(-n2[nH]c3ccccc3c2=O)c1. The van der Waals surface area contributed by atoms with Crippen LogP contribution < -0.4 is 15.2 Å². The average molecular weight is 671 g/mol. The molecule has 2 saturated heterocycles. The van der Waals surface area contributed by atoms with E-state index in [1.54, 1.807) is 23.0 Å². The van der Waals surface area contributed by atoms with Crippen LogP contribution >= 0.6 is 0 Å². The largest absolute Gasteiger partial charge is 0.497 e. The highest BCUT2D eigenvalue weighted by Crippen LogP contribution is 2.60. The summed E-state index contributed by atoms with van der Waals surface area (Å²) in [4.78, 5) is 56.8. The third kappa shape index (κ3) is 5.09. The molecule has 0 aliphatic carbocycles. The molecule has 12 heteroatoms. The van der Waals surface area contributed by atoms with Crippen molar-refractivity contribution in [1.82, 2.24) is 14.7 Å². The van der Waals surface area contributed by atoms with Crippen LogP contribution in [0.5, 0.6) is 5.75 Å². The lowest BCUT2D eigenvalue weighted by Gasteiger charge is -2.33. The first kappa shape index (κ1) is 32.3. The number of fused-ring (bicyclic) bond motifs is 3. The second kappa shape index (κ2) is 12.0.